The van der Waals surface area contributed by atoms with Crippen molar-refractivity contribution in [2.75, 3.05) is 0 Å². The SMILES string of the molecule is Cc1ccc(C(=O)N(Cc2cccnc2)C2CCC(O[N+](=O)[O-])CC2)cc1C(N)=O. The molecule has 1 aromatic carbocycles. The molecule has 0 aliphatic heterocycles. The number of rotatable bonds is 7. The molecule has 0 atom stereocenters. The van der Waals surface area contributed by atoms with Gasteiger partial charge in [0.2, 0.25) is 5.91 Å². The average Bonchev–Trinajstić information content (AvgIpc) is 2.73. The van der Waals surface area contributed by atoms with Crippen molar-refractivity contribution in [2.24, 2.45) is 5.73 Å². The first-order valence-corrected chi connectivity index (χ1v) is 9.76. The molecule has 0 bridgehead atoms. The van der Waals surface area contributed by atoms with Crippen LogP contribution in [0.3, 0.4) is 0 Å². The predicted octanol–water partition coefficient (Wildman–Crippen LogP) is 2.65. The summed E-state index contributed by atoms with van der Waals surface area (Å²) in [6.07, 6.45) is 5.05. The summed E-state index contributed by atoms with van der Waals surface area (Å²) in [5.41, 5.74) is 7.70. The van der Waals surface area contributed by atoms with Gasteiger partial charge in [-0.1, -0.05) is 12.1 Å². The van der Waals surface area contributed by atoms with Crippen LogP contribution in [0, 0.1) is 17.0 Å². The van der Waals surface area contributed by atoms with Crippen LogP contribution in [0.5, 0.6) is 0 Å². The highest BCUT2D eigenvalue weighted by Gasteiger charge is 2.31. The second-order valence-electron chi connectivity index (χ2n) is 7.45. The summed E-state index contributed by atoms with van der Waals surface area (Å²) in [4.78, 5) is 46.3. The molecule has 0 spiro atoms. The number of hydrogen-bond acceptors (Lipinski definition) is 6. The van der Waals surface area contributed by atoms with Crippen LogP contribution in [0.1, 0.15) is 57.5 Å². The number of pyridine rings is 1. The first-order valence-electron chi connectivity index (χ1n) is 9.76. The van der Waals surface area contributed by atoms with E-state index in [4.69, 9.17) is 10.6 Å². The summed E-state index contributed by atoms with van der Waals surface area (Å²) in [5, 5.41) is 9.84. The van der Waals surface area contributed by atoms with Gasteiger partial charge in [0.05, 0.1) is 0 Å². The molecule has 1 aliphatic rings. The van der Waals surface area contributed by atoms with Crippen LogP contribution in [-0.2, 0) is 11.4 Å². The summed E-state index contributed by atoms with van der Waals surface area (Å²) in [7, 11) is 0. The van der Waals surface area contributed by atoms with Gasteiger partial charge in [-0.2, -0.15) is 0 Å². The summed E-state index contributed by atoms with van der Waals surface area (Å²) in [5.74, 6) is -0.807. The minimum atomic E-state index is -0.763. The van der Waals surface area contributed by atoms with E-state index in [0.29, 0.717) is 48.9 Å². The maximum Gasteiger partial charge on any atom is 0.294 e. The molecule has 1 aliphatic carbocycles. The molecule has 0 radical (unpaired) electrons. The summed E-state index contributed by atoms with van der Waals surface area (Å²) in [6.45, 7) is 2.11. The lowest BCUT2D eigenvalue weighted by atomic mass is 9.91. The van der Waals surface area contributed by atoms with Gasteiger partial charge in [0, 0.05) is 36.1 Å². The Bertz CT molecular complexity index is 926. The van der Waals surface area contributed by atoms with Crippen LogP contribution < -0.4 is 5.73 Å². The van der Waals surface area contributed by atoms with Crippen molar-refractivity contribution in [1.82, 2.24) is 9.88 Å². The number of nitrogens with zero attached hydrogens (tertiary/aromatic N) is 3. The van der Waals surface area contributed by atoms with Crippen molar-refractivity contribution in [3.05, 3.63) is 75.1 Å². The molecule has 1 fully saturated rings. The highest BCUT2D eigenvalue weighted by atomic mass is 17.0. The third kappa shape index (κ3) is 5.11. The molecule has 9 nitrogen and oxygen atoms in total. The van der Waals surface area contributed by atoms with Crippen LogP contribution in [-0.4, -0.2) is 38.9 Å². The molecule has 1 heterocycles. The fraction of sp³-hybridized carbons (Fsp3) is 0.381. The molecule has 158 valence electrons. The number of aryl methyl sites for hydroxylation is 1. The van der Waals surface area contributed by atoms with Crippen molar-refractivity contribution < 1.29 is 19.5 Å². The lowest BCUT2D eigenvalue weighted by Gasteiger charge is -2.36. The standard InChI is InChI=1S/C21H24N4O5/c1-14-4-5-16(11-19(14)20(22)26)21(27)24(13-15-3-2-10-23-12-15)17-6-8-18(9-7-17)30-25(28)29/h2-5,10-12,17-18H,6-9,13H2,1H3,(H2,22,26). The van der Waals surface area contributed by atoms with Gasteiger partial charge in [-0.25, -0.2) is 0 Å². The van der Waals surface area contributed by atoms with E-state index in [1.54, 1.807) is 42.4 Å². The second kappa shape index (κ2) is 9.34. The Balaban J connectivity index is 1.84. The smallest absolute Gasteiger partial charge is 0.294 e. The van der Waals surface area contributed by atoms with Crippen LogP contribution in [0.4, 0.5) is 0 Å². The van der Waals surface area contributed by atoms with Crippen molar-refractivity contribution >= 4 is 11.8 Å². The predicted molar refractivity (Wildman–Crippen MR) is 108 cm³/mol. The van der Waals surface area contributed by atoms with Gasteiger partial charge in [0.1, 0.15) is 6.10 Å². The zero-order chi connectivity index (χ0) is 21.7. The van der Waals surface area contributed by atoms with Crippen LogP contribution in [0.25, 0.3) is 0 Å². The number of amides is 2. The molecule has 1 saturated carbocycles. The zero-order valence-corrected chi connectivity index (χ0v) is 16.7. The van der Waals surface area contributed by atoms with Gasteiger partial charge in [0.15, 0.2) is 0 Å². The van der Waals surface area contributed by atoms with Crippen molar-refractivity contribution in [3.63, 3.8) is 0 Å². The average molecular weight is 412 g/mol. The third-order valence-corrected chi connectivity index (χ3v) is 5.41. The Morgan fingerprint density at radius 1 is 1.27 bits per heavy atom. The van der Waals surface area contributed by atoms with E-state index >= 15 is 0 Å². The van der Waals surface area contributed by atoms with E-state index in [2.05, 4.69) is 4.98 Å². The Morgan fingerprint density at radius 3 is 2.60 bits per heavy atom. The highest BCUT2D eigenvalue weighted by Crippen LogP contribution is 2.28. The van der Waals surface area contributed by atoms with E-state index in [9.17, 15) is 19.7 Å². The van der Waals surface area contributed by atoms with Crippen molar-refractivity contribution in [2.45, 2.75) is 51.3 Å². The van der Waals surface area contributed by atoms with Gasteiger partial charge in [-0.3, -0.25) is 14.6 Å². The number of hydrogen-bond donors (Lipinski definition) is 1. The minimum Gasteiger partial charge on any atom is -0.366 e. The number of carbonyl (C=O) groups excluding carboxylic acids is 2. The van der Waals surface area contributed by atoms with E-state index < -0.39 is 17.1 Å². The third-order valence-electron chi connectivity index (χ3n) is 5.41. The summed E-state index contributed by atoms with van der Waals surface area (Å²) >= 11 is 0. The topological polar surface area (TPSA) is 129 Å². The molecule has 3 rings (SSSR count). The molecule has 2 aromatic rings. The number of nitrogens with two attached hydrogens (primary N) is 1. The molecular weight excluding hydrogens is 388 g/mol. The minimum absolute atomic E-state index is 0.109. The first kappa shape index (κ1) is 21.2. The monoisotopic (exact) mass is 412 g/mol. The molecule has 0 unspecified atom stereocenters. The van der Waals surface area contributed by atoms with Gasteiger partial charge in [-0.05, 0) is 61.9 Å². The van der Waals surface area contributed by atoms with Gasteiger partial charge >= 0.3 is 0 Å². The molecular formula is C21H24N4O5. The van der Waals surface area contributed by atoms with Crippen molar-refractivity contribution in [3.8, 4) is 0 Å². The molecule has 1 aromatic heterocycles. The number of aromatic nitrogens is 1. The first-order chi connectivity index (χ1) is 14.3. The highest BCUT2D eigenvalue weighted by molar-refractivity contribution is 6.00. The Hall–Kier alpha value is -3.49. The zero-order valence-electron chi connectivity index (χ0n) is 16.7. The van der Waals surface area contributed by atoms with Gasteiger partial charge in [-0.15, -0.1) is 10.1 Å². The molecule has 2 N–H and O–H groups in total. The Kier molecular flexibility index (Phi) is 6.61. The summed E-state index contributed by atoms with van der Waals surface area (Å²) in [6, 6.07) is 8.50. The normalized spacial score (nSPS) is 18.4. The maximum atomic E-state index is 13.4. The number of primary amides is 1. The quantitative estimate of drug-likeness (QED) is 0.550. The Morgan fingerprint density at radius 2 is 2.00 bits per heavy atom. The lowest BCUT2D eigenvalue weighted by Crippen LogP contribution is -2.43. The fourth-order valence-corrected chi connectivity index (χ4v) is 3.83. The second-order valence-corrected chi connectivity index (χ2v) is 7.45. The Labute approximate surface area is 173 Å². The van der Waals surface area contributed by atoms with Gasteiger partial charge in [0.25, 0.3) is 11.0 Å². The lowest BCUT2D eigenvalue weighted by molar-refractivity contribution is -0.769. The van der Waals surface area contributed by atoms with E-state index in [1.807, 2.05) is 6.07 Å². The number of carbonyl (C=O) groups is 2. The van der Waals surface area contributed by atoms with E-state index in [0.717, 1.165) is 5.56 Å². The molecule has 2 amide bonds. The summed E-state index contributed by atoms with van der Waals surface area (Å²) < 4.78 is 0. The maximum absolute atomic E-state index is 13.4. The molecule has 9 heteroatoms. The van der Waals surface area contributed by atoms with Crippen LogP contribution in [0.15, 0.2) is 42.7 Å². The van der Waals surface area contributed by atoms with E-state index in [1.165, 1.54) is 6.07 Å². The van der Waals surface area contributed by atoms with Crippen molar-refractivity contribution in [1.29, 1.82) is 0 Å². The molecule has 30 heavy (non-hydrogen) atoms. The van der Waals surface area contributed by atoms with Gasteiger partial charge < -0.3 is 15.5 Å². The fourth-order valence-electron chi connectivity index (χ4n) is 3.83. The van der Waals surface area contributed by atoms with Crippen LogP contribution >= 0.6 is 0 Å². The van der Waals surface area contributed by atoms with Crippen LogP contribution in [0.2, 0.25) is 0 Å². The molecule has 0 saturated heterocycles. The van der Waals surface area contributed by atoms with E-state index in [-0.39, 0.29) is 11.9 Å². The number of benzene rings is 1. The largest absolute Gasteiger partial charge is 0.366 e.